The van der Waals surface area contributed by atoms with Crippen LogP contribution < -0.4 is 4.74 Å². The van der Waals surface area contributed by atoms with Crippen LogP contribution in [0.5, 0.6) is 5.75 Å². The van der Waals surface area contributed by atoms with Gasteiger partial charge in [-0.2, -0.15) is 4.31 Å². The zero-order valence-corrected chi connectivity index (χ0v) is 17.7. The summed E-state index contributed by atoms with van der Waals surface area (Å²) < 4.78 is 34.3. The van der Waals surface area contributed by atoms with Crippen LogP contribution >= 0.6 is 0 Å². The number of hydrogen-bond donors (Lipinski definition) is 0. The van der Waals surface area contributed by atoms with Gasteiger partial charge in [0.2, 0.25) is 10.0 Å². The van der Waals surface area contributed by atoms with Crippen LogP contribution in [-0.2, 0) is 10.0 Å². The van der Waals surface area contributed by atoms with Gasteiger partial charge in [-0.15, -0.1) is 0 Å². The van der Waals surface area contributed by atoms with Crippen LogP contribution in [0, 0.1) is 0 Å². The van der Waals surface area contributed by atoms with Gasteiger partial charge in [0.15, 0.2) is 0 Å². The van der Waals surface area contributed by atoms with Crippen molar-refractivity contribution in [1.29, 1.82) is 0 Å². The molecule has 1 aliphatic heterocycles. The van der Waals surface area contributed by atoms with Gasteiger partial charge in [0.05, 0.1) is 11.4 Å². The van der Waals surface area contributed by atoms with E-state index in [9.17, 15) is 8.42 Å². The molecule has 5 rings (SSSR count). The Morgan fingerprint density at radius 1 is 0.871 bits per heavy atom. The third-order valence-electron chi connectivity index (χ3n) is 5.58. The highest BCUT2D eigenvalue weighted by Crippen LogP contribution is 2.29. The van der Waals surface area contributed by atoms with Crippen LogP contribution in [0.2, 0.25) is 0 Å². The summed E-state index contributed by atoms with van der Waals surface area (Å²) in [5.41, 5.74) is 2.67. The van der Waals surface area contributed by atoms with Crippen molar-refractivity contribution in [3.63, 3.8) is 0 Å². The monoisotopic (exact) mass is 430 g/mol. The Hall–Kier alpha value is -3.22. The van der Waals surface area contributed by atoms with Gasteiger partial charge in [0.1, 0.15) is 17.4 Å². The quantitative estimate of drug-likeness (QED) is 0.459. The molecule has 0 aliphatic carbocycles. The first-order valence-corrected chi connectivity index (χ1v) is 11.7. The molecular weight excluding hydrogens is 408 g/mol. The summed E-state index contributed by atoms with van der Waals surface area (Å²) in [6.45, 7) is 0.752. The number of sulfonamides is 1. The van der Waals surface area contributed by atoms with E-state index in [1.807, 2.05) is 66.7 Å². The van der Waals surface area contributed by atoms with Gasteiger partial charge in [-0.05, 0) is 41.8 Å². The SMILES string of the molecule is O=S(=O)(c1cccc(-c2ccccc2)c1)N1CCC(Oc2cccc3cccnc23)C1. The molecule has 1 saturated heterocycles. The summed E-state index contributed by atoms with van der Waals surface area (Å²) in [6, 6.07) is 26.6. The number of benzene rings is 3. The number of aromatic nitrogens is 1. The van der Waals surface area contributed by atoms with Crippen molar-refractivity contribution in [1.82, 2.24) is 9.29 Å². The van der Waals surface area contributed by atoms with Crippen molar-refractivity contribution in [2.24, 2.45) is 0 Å². The molecule has 1 aromatic heterocycles. The second-order valence-electron chi connectivity index (χ2n) is 7.62. The van der Waals surface area contributed by atoms with E-state index >= 15 is 0 Å². The number of ether oxygens (including phenoxy) is 1. The number of para-hydroxylation sites is 1. The Kier molecular flexibility index (Phi) is 5.18. The topological polar surface area (TPSA) is 59.5 Å². The lowest BCUT2D eigenvalue weighted by atomic mass is 10.1. The first-order chi connectivity index (χ1) is 15.1. The van der Waals surface area contributed by atoms with E-state index in [2.05, 4.69) is 4.98 Å². The summed E-state index contributed by atoms with van der Waals surface area (Å²) in [7, 11) is -3.60. The Bertz CT molecular complexity index is 1320. The van der Waals surface area contributed by atoms with E-state index in [0.717, 1.165) is 22.0 Å². The van der Waals surface area contributed by atoms with Gasteiger partial charge in [-0.25, -0.2) is 8.42 Å². The van der Waals surface area contributed by atoms with E-state index in [1.54, 1.807) is 24.4 Å². The molecule has 1 atom stereocenters. The van der Waals surface area contributed by atoms with Crippen LogP contribution in [0.1, 0.15) is 6.42 Å². The highest BCUT2D eigenvalue weighted by atomic mass is 32.2. The largest absolute Gasteiger partial charge is 0.487 e. The molecule has 6 heteroatoms. The molecule has 0 saturated carbocycles. The van der Waals surface area contributed by atoms with Crippen LogP contribution in [0.3, 0.4) is 0 Å². The lowest BCUT2D eigenvalue weighted by Gasteiger charge is -2.18. The second kappa shape index (κ2) is 8.13. The van der Waals surface area contributed by atoms with Gasteiger partial charge in [-0.1, -0.05) is 60.7 Å². The van der Waals surface area contributed by atoms with Crippen LogP contribution in [0.25, 0.3) is 22.0 Å². The zero-order chi connectivity index (χ0) is 21.3. The highest BCUT2D eigenvalue weighted by Gasteiger charge is 2.34. The molecule has 156 valence electrons. The fraction of sp³-hybridized carbons (Fsp3) is 0.160. The van der Waals surface area contributed by atoms with E-state index < -0.39 is 10.0 Å². The minimum absolute atomic E-state index is 0.209. The third-order valence-corrected chi connectivity index (χ3v) is 7.44. The molecule has 4 aromatic rings. The fourth-order valence-electron chi connectivity index (χ4n) is 3.98. The maximum absolute atomic E-state index is 13.3. The normalized spacial score (nSPS) is 17.1. The molecule has 0 radical (unpaired) electrons. The van der Waals surface area contributed by atoms with E-state index in [-0.39, 0.29) is 6.10 Å². The molecule has 0 bridgehead atoms. The molecule has 0 amide bonds. The molecule has 1 unspecified atom stereocenters. The lowest BCUT2D eigenvalue weighted by molar-refractivity contribution is 0.218. The smallest absolute Gasteiger partial charge is 0.243 e. The summed E-state index contributed by atoms with van der Waals surface area (Å²) in [4.78, 5) is 4.73. The molecule has 2 heterocycles. The van der Waals surface area contributed by atoms with E-state index in [1.165, 1.54) is 4.31 Å². The van der Waals surface area contributed by atoms with Gasteiger partial charge >= 0.3 is 0 Å². The molecule has 0 N–H and O–H groups in total. The number of pyridine rings is 1. The predicted octanol–water partition coefficient (Wildman–Crippen LogP) is 4.74. The Labute approximate surface area is 182 Å². The van der Waals surface area contributed by atoms with Crippen LogP contribution in [0.4, 0.5) is 0 Å². The van der Waals surface area contributed by atoms with Crippen molar-refractivity contribution >= 4 is 20.9 Å². The molecular formula is C25H22N2O3S. The molecule has 31 heavy (non-hydrogen) atoms. The lowest BCUT2D eigenvalue weighted by Crippen LogP contribution is -2.31. The molecule has 3 aromatic carbocycles. The highest BCUT2D eigenvalue weighted by molar-refractivity contribution is 7.89. The maximum Gasteiger partial charge on any atom is 0.243 e. The number of fused-ring (bicyclic) bond motifs is 1. The standard InChI is InChI=1S/C25H22N2O3S/c28-31(29,23-12-4-10-21(17-23)19-7-2-1-3-8-19)27-16-14-22(18-27)30-24-13-5-9-20-11-6-15-26-25(20)24/h1-13,15,17,22H,14,16,18H2. The predicted molar refractivity (Wildman–Crippen MR) is 121 cm³/mol. The third kappa shape index (κ3) is 3.92. The van der Waals surface area contributed by atoms with Gasteiger partial charge in [0, 0.05) is 18.1 Å². The number of hydrogen-bond acceptors (Lipinski definition) is 4. The minimum atomic E-state index is -3.60. The Morgan fingerprint density at radius 3 is 2.52 bits per heavy atom. The minimum Gasteiger partial charge on any atom is -0.487 e. The van der Waals surface area contributed by atoms with E-state index in [4.69, 9.17) is 4.74 Å². The number of rotatable bonds is 5. The van der Waals surface area contributed by atoms with Crippen molar-refractivity contribution in [3.8, 4) is 16.9 Å². The average molecular weight is 431 g/mol. The van der Waals surface area contributed by atoms with E-state index in [0.29, 0.717) is 30.2 Å². The summed E-state index contributed by atoms with van der Waals surface area (Å²) >= 11 is 0. The maximum atomic E-state index is 13.3. The van der Waals surface area contributed by atoms with Crippen LogP contribution in [-0.4, -0.2) is 36.9 Å². The molecule has 1 aliphatic rings. The van der Waals surface area contributed by atoms with Gasteiger partial charge < -0.3 is 4.74 Å². The zero-order valence-electron chi connectivity index (χ0n) is 16.9. The van der Waals surface area contributed by atoms with Gasteiger partial charge in [-0.3, -0.25) is 4.98 Å². The Balaban J connectivity index is 1.36. The first-order valence-electron chi connectivity index (χ1n) is 10.3. The summed E-state index contributed by atoms with van der Waals surface area (Å²) in [5, 5.41) is 1.00. The average Bonchev–Trinajstić information content (AvgIpc) is 3.29. The van der Waals surface area contributed by atoms with Gasteiger partial charge in [0.25, 0.3) is 0 Å². The van der Waals surface area contributed by atoms with Crippen LogP contribution in [0.15, 0.2) is 96.0 Å². The molecule has 5 nitrogen and oxygen atoms in total. The van der Waals surface area contributed by atoms with Crippen molar-refractivity contribution < 1.29 is 13.2 Å². The summed E-state index contributed by atoms with van der Waals surface area (Å²) in [5.74, 6) is 0.688. The number of nitrogens with zero attached hydrogens (tertiary/aromatic N) is 2. The van der Waals surface area contributed by atoms with Crippen molar-refractivity contribution in [3.05, 3.63) is 91.1 Å². The molecule has 0 spiro atoms. The van der Waals surface area contributed by atoms with Crippen molar-refractivity contribution in [2.45, 2.75) is 17.4 Å². The van der Waals surface area contributed by atoms with Crippen molar-refractivity contribution in [2.75, 3.05) is 13.1 Å². The second-order valence-corrected chi connectivity index (χ2v) is 9.55. The fourth-order valence-corrected chi connectivity index (χ4v) is 5.51. The molecule has 1 fully saturated rings. The Morgan fingerprint density at radius 2 is 1.65 bits per heavy atom. The first kappa shape index (κ1) is 19.7. The summed E-state index contributed by atoms with van der Waals surface area (Å²) in [6.07, 6.45) is 2.17.